The fraction of sp³-hybridized carbons (Fsp3) is 0.522. The highest BCUT2D eigenvalue weighted by atomic mass is 32.2. The largest absolute Gasteiger partial charge is 0.415 e. The number of likely N-dealkylation sites (N-methyl/N-ethyl adjacent to an activating group) is 1. The minimum Gasteiger partial charge on any atom is -0.410 e. The highest BCUT2D eigenvalue weighted by Crippen LogP contribution is 2.33. The molecule has 2 fully saturated rings. The number of likely N-dealkylation sites (tertiary alicyclic amines) is 1. The number of nitrogens with zero attached hydrogens (tertiary/aromatic N) is 4. The van der Waals surface area contributed by atoms with E-state index in [1.807, 2.05) is 5.01 Å². The first kappa shape index (κ1) is 23.7. The summed E-state index contributed by atoms with van der Waals surface area (Å²) in [7, 11) is 0. The van der Waals surface area contributed by atoms with Gasteiger partial charge in [0.25, 0.3) is 5.91 Å². The molecule has 1 aromatic carbocycles. The van der Waals surface area contributed by atoms with Crippen molar-refractivity contribution in [1.82, 2.24) is 20.2 Å². The molecule has 4 rings (SSSR count). The minimum absolute atomic E-state index is 0.220. The Labute approximate surface area is 197 Å². The van der Waals surface area contributed by atoms with E-state index in [1.165, 1.54) is 30.0 Å². The van der Waals surface area contributed by atoms with Crippen LogP contribution in [0.1, 0.15) is 38.7 Å². The van der Waals surface area contributed by atoms with Gasteiger partial charge >= 0.3 is 6.09 Å². The average Bonchev–Trinajstić information content (AvgIpc) is 3.45. The van der Waals surface area contributed by atoms with Gasteiger partial charge in [0.1, 0.15) is 11.6 Å². The Morgan fingerprint density at radius 2 is 2.15 bits per heavy atom. The number of nitrogens with one attached hydrogen (secondary N) is 1. The SMILES string of the molecule is CCN(CC)[C@@H]1CCN(C(=O)Oc2ccc(F)cc2/C=C2\SC(N3CCCCN3)=NC2=O)C1. The lowest BCUT2D eigenvalue weighted by atomic mass is 10.2. The van der Waals surface area contributed by atoms with Crippen LogP contribution in [0.15, 0.2) is 28.1 Å². The second-order valence-corrected chi connectivity index (χ2v) is 9.25. The normalized spacial score (nSPS) is 22.4. The van der Waals surface area contributed by atoms with Gasteiger partial charge in [-0.2, -0.15) is 4.99 Å². The Kier molecular flexibility index (Phi) is 7.67. The number of amides is 2. The van der Waals surface area contributed by atoms with Gasteiger partial charge in [0.05, 0.1) is 4.91 Å². The molecule has 33 heavy (non-hydrogen) atoms. The summed E-state index contributed by atoms with van der Waals surface area (Å²) >= 11 is 1.23. The number of thioether (sulfide) groups is 1. The van der Waals surface area contributed by atoms with E-state index in [2.05, 4.69) is 29.2 Å². The maximum Gasteiger partial charge on any atom is 0.415 e. The molecular weight excluding hydrogens is 445 g/mol. The molecule has 178 valence electrons. The smallest absolute Gasteiger partial charge is 0.410 e. The first-order valence-corrected chi connectivity index (χ1v) is 12.3. The average molecular weight is 476 g/mol. The number of rotatable bonds is 5. The van der Waals surface area contributed by atoms with Crippen LogP contribution in [0, 0.1) is 5.82 Å². The lowest BCUT2D eigenvalue weighted by Crippen LogP contribution is -2.45. The molecule has 3 heterocycles. The van der Waals surface area contributed by atoms with Crippen LogP contribution in [-0.2, 0) is 4.79 Å². The second-order valence-electron chi connectivity index (χ2n) is 8.24. The molecule has 0 unspecified atom stereocenters. The Bertz CT molecular complexity index is 959. The first-order chi connectivity index (χ1) is 16.0. The summed E-state index contributed by atoms with van der Waals surface area (Å²) < 4.78 is 19.7. The van der Waals surface area contributed by atoms with Gasteiger partial charge in [0, 0.05) is 37.8 Å². The first-order valence-electron chi connectivity index (χ1n) is 11.5. The topological polar surface area (TPSA) is 77.5 Å². The van der Waals surface area contributed by atoms with Gasteiger partial charge in [-0.25, -0.2) is 14.6 Å². The number of aliphatic imine (C=N–C) groups is 1. The molecule has 10 heteroatoms. The lowest BCUT2D eigenvalue weighted by Gasteiger charge is -2.28. The van der Waals surface area contributed by atoms with Crippen LogP contribution in [0.5, 0.6) is 5.75 Å². The van der Waals surface area contributed by atoms with Gasteiger partial charge in [-0.15, -0.1) is 0 Å². The summed E-state index contributed by atoms with van der Waals surface area (Å²) in [6.45, 7) is 8.93. The van der Waals surface area contributed by atoms with Crippen LogP contribution in [0.2, 0.25) is 0 Å². The van der Waals surface area contributed by atoms with Crippen molar-refractivity contribution in [3.05, 3.63) is 34.5 Å². The zero-order valence-electron chi connectivity index (χ0n) is 19.1. The number of ether oxygens (including phenoxy) is 1. The van der Waals surface area contributed by atoms with Crippen LogP contribution in [0.25, 0.3) is 6.08 Å². The van der Waals surface area contributed by atoms with E-state index in [1.54, 1.807) is 11.0 Å². The third-order valence-corrected chi connectivity index (χ3v) is 7.16. The zero-order valence-corrected chi connectivity index (χ0v) is 19.9. The van der Waals surface area contributed by atoms with E-state index >= 15 is 0 Å². The zero-order chi connectivity index (χ0) is 23.4. The van der Waals surface area contributed by atoms with Crippen molar-refractivity contribution in [2.75, 3.05) is 39.3 Å². The minimum atomic E-state index is -0.473. The van der Waals surface area contributed by atoms with Gasteiger partial charge in [-0.05, 0) is 68.4 Å². The van der Waals surface area contributed by atoms with Crippen LogP contribution in [0.4, 0.5) is 9.18 Å². The highest BCUT2D eigenvalue weighted by Gasteiger charge is 2.31. The summed E-state index contributed by atoms with van der Waals surface area (Å²) in [4.78, 5) is 33.8. The second kappa shape index (κ2) is 10.7. The summed E-state index contributed by atoms with van der Waals surface area (Å²) in [6, 6.07) is 4.25. The predicted molar refractivity (Wildman–Crippen MR) is 127 cm³/mol. The molecule has 8 nitrogen and oxygen atoms in total. The molecule has 0 bridgehead atoms. The van der Waals surface area contributed by atoms with Gasteiger partial charge in [-0.1, -0.05) is 13.8 Å². The molecule has 3 aliphatic rings. The third kappa shape index (κ3) is 5.56. The van der Waals surface area contributed by atoms with Gasteiger partial charge in [0.2, 0.25) is 0 Å². The quantitative estimate of drug-likeness (QED) is 0.655. The number of carbonyl (C=O) groups is 2. The maximum absolute atomic E-state index is 14.0. The van der Waals surface area contributed by atoms with Crippen molar-refractivity contribution in [1.29, 1.82) is 0 Å². The van der Waals surface area contributed by atoms with Crippen molar-refractivity contribution in [2.24, 2.45) is 4.99 Å². The number of carbonyl (C=O) groups excluding carboxylic acids is 2. The van der Waals surface area contributed by atoms with E-state index in [9.17, 15) is 14.0 Å². The summed E-state index contributed by atoms with van der Waals surface area (Å²) in [6.07, 6.45) is 4.08. The molecule has 0 aromatic heterocycles. The molecule has 1 aromatic rings. The molecule has 0 spiro atoms. The van der Waals surface area contributed by atoms with Crippen molar-refractivity contribution in [2.45, 2.75) is 39.2 Å². The maximum atomic E-state index is 14.0. The van der Waals surface area contributed by atoms with Gasteiger partial charge in [-0.3, -0.25) is 14.7 Å². The van der Waals surface area contributed by atoms with Crippen molar-refractivity contribution >= 4 is 35.0 Å². The summed E-state index contributed by atoms with van der Waals surface area (Å²) in [5.74, 6) is -0.637. The van der Waals surface area contributed by atoms with E-state index < -0.39 is 11.9 Å². The molecule has 2 saturated heterocycles. The summed E-state index contributed by atoms with van der Waals surface area (Å²) in [5, 5.41) is 2.46. The van der Waals surface area contributed by atoms with Crippen LogP contribution < -0.4 is 10.2 Å². The number of halogens is 1. The number of amidine groups is 1. The van der Waals surface area contributed by atoms with Gasteiger partial charge in [0.15, 0.2) is 5.17 Å². The Hall–Kier alpha value is -2.43. The molecule has 3 aliphatic heterocycles. The van der Waals surface area contributed by atoms with Gasteiger partial charge < -0.3 is 9.64 Å². The van der Waals surface area contributed by atoms with Crippen LogP contribution in [-0.4, -0.2) is 77.3 Å². The van der Waals surface area contributed by atoms with E-state index in [0.717, 1.165) is 45.4 Å². The third-order valence-electron chi connectivity index (χ3n) is 6.16. The molecular formula is C23H30FN5O3S. The molecule has 2 amide bonds. The fourth-order valence-corrected chi connectivity index (χ4v) is 5.25. The summed E-state index contributed by atoms with van der Waals surface area (Å²) in [5.41, 5.74) is 3.56. The number of hydrazine groups is 1. The fourth-order valence-electron chi connectivity index (χ4n) is 4.34. The molecule has 1 atom stereocenters. The van der Waals surface area contributed by atoms with E-state index in [4.69, 9.17) is 4.74 Å². The van der Waals surface area contributed by atoms with E-state index in [-0.39, 0.29) is 11.7 Å². The Morgan fingerprint density at radius 3 is 2.88 bits per heavy atom. The van der Waals surface area contributed by atoms with Crippen LogP contribution >= 0.6 is 11.8 Å². The molecule has 0 radical (unpaired) electrons. The van der Waals surface area contributed by atoms with E-state index in [0.29, 0.717) is 34.8 Å². The number of benzene rings is 1. The number of hydrogen-bond donors (Lipinski definition) is 1. The molecule has 0 saturated carbocycles. The lowest BCUT2D eigenvalue weighted by molar-refractivity contribution is -0.113. The van der Waals surface area contributed by atoms with Crippen LogP contribution in [0.3, 0.4) is 0 Å². The molecule has 0 aliphatic carbocycles. The van der Waals surface area contributed by atoms with Crippen molar-refractivity contribution < 1.29 is 18.7 Å². The Morgan fingerprint density at radius 1 is 1.33 bits per heavy atom. The highest BCUT2D eigenvalue weighted by molar-refractivity contribution is 8.18. The van der Waals surface area contributed by atoms with Crippen molar-refractivity contribution in [3.63, 3.8) is 0 Å². The standard InChI is InChI=1S/C23H30FN5O3S/c1-3-27(4-2)18-9-12-28(15-18)23(31)32-19-8-7-17(24)13-16(19)14-20-21(30)26-22(33-20)29-11-6-5-10-25-29/h7-8,13-14,18,25H,3-6,9-12,15H2,1-2H3/b20-14-/t18-/m1/s1. The molecule has 1 N–H and O–H groups in total. The van der Waals surface area contributed by atoms with Crippen molar-refractivity contribution in [3.8, 4) is 5.75 Å². The monoisotopic (exact) mass is 475 g/mol. The Balaban J connectivity index is 1.46. The predicted octanol–water partition coefficient (Wildman–Crippen LogP) is 3.31. The number of hydrogen-bond acceptors (Lipinski definition) is 7.